The van der Waals surface area contributed by atoms with Crippen molar-refractivity contribution in [2.45, 2.75) is 19.4 Å². The summed E-state index contributed by atoms with van der Waals surface area (Å²) in [4.78, 5) is 31.0. The summed E-state index contributed by atoms with van der Waals surface area (Å²) >= 11 is 0. The van der Waals surface area contributed by atoms with E-state index in [-0.39, 0.29) is 24.3 Å². The third-order valence-corrected chi connectivity index (χ3v) is 5.30. The summed E-state index contributed by atoms with van der Waals surface area (Å²) in [6, 6.07) is 18.4. The monoisotopic (exact) mass is 401 g/mol. The molecule has 2 atom stereocenters. The zero-order valence-corrected chi connectivity index (χ0v) is 16.9. The summed E-state index contributed by atoms with van der Waals surface area (Å²) in [6.07, 6.45) is 3.56. The minimum atomic E-state index is -0.477. The molecule has 6 heteroatoms. The molecule has 30 heavy (non-hydrogen) atoms. The van der Waals surface area contributed by atoms with Gasteiger partial charge in [-0.2, -0.15) is 0 Å². The fraction of sp³-hybridized carbons (Fsp3) is 0.208. The molecule has 0 saturated carbocycles. The van der Waals surface area contributed by atoms with Crippen molar-refractivity contribution in [2.75, 3.05) is 12.4 Å². The molecular weight excluding hydrogens is 378 g/mol. The second kappa shape index (κ2) is 8.37. The number of pyridine rings is 1. The number of nitrogens with zero attached hydrogens (tertiary/aromatic N) is 2. The minimum absolute atomic E-state index is 0.0501. The maximum Gasteiger partial charge on any atom is 0.230 e. The Morgan fingerprint density at radius 2 is 1.90 bits per heavy atom. The van der Waals surface area contributed by atoms with Crippen LogP contribution in [0, 0.1) is 12.8 Å². The van der Waals surface area contributed by atoms with E-state index in [4.69, 9.17) is 4.74 Å². The van der Waals surface area contributed by atoms with E-state index in [1.807, 2.05) is 55.5 Å². The summed E-state index contributed by atoms with van der Waals surface area (Å²) in [5.41, 5.74) is 2.63. The lowest BCUT2D eigenvalue weighted by Crippen LogP contribution is -2.30. The highest BCUT2D eigenvalue weighted by Crippen LogP contribution is 2.37. The number of nitrogens with one attached hydrogen (secondary N) is 1. The molecule has 152 valence electrons. The number of carbonyl (C=O) groups is 2. The van der Waals surface area contributed by atoms with Crippen LogP contribution in [0.15, 0.2) is 73.1 Å². The van der Waals surface area contributed by atoms with Gasteiger partial charge in [-0.25, -0.2) is 0 Å². The van der Waals surface area contributed by atoms with Crippen LogP contribution in [0.3, 0.4) is 0 Å². The van der Waals surface area contributed by atoms with Crippen molar-refractivity contribution >= 4 is 17.5 Å². The van der Waals surface area contributed by atoms with Crippen LogP contribution in [-0.4, -0.2) is 28.7 Å². The number of ether oxygens (including phenoxy) is 1. The van der Waals surface area contributed by atoms with Crippen LogP contribution in [0.1, 0.15) is 23.6 Å². The van der Waals surface area contributed by atoms with Gasteiger partial charge < -0.3 is 15.0 Å². The third-order valence-electron chi connectivity index (χ3n) is 5.30. The molecule has 2 heterocycles. The summed E-state index contributed by atoms with van der Waals surface area (Å²) in [6.45, 7) is 2.01. The highest BCUT2D eigenvalue weighted by Gasteiger charge is 2.42. The number of likely N-dealkylation sites (tertiary alicyclic amines) is 1. The van der Waals surface area contributed by atoms with Gasteiger partial charge in [0.05, 0.1) is 12.0 Å². The van der Waals surface area contributed by atoms with Crippen molar-refractivity contribution < 1.29 is 14.3 Å². The van der Waals surface area contributed by atoms with Crippen molar-refractivity contribution in [3.8, 4) is 11.5 Å². The van der Waals surface area contributed by atoms with Gasteiger partial charge in [0.25, 0.3) is 0 Å². The van der Waals surface area contributed by atoms with Crippen molar-refractivity contribution in [1.82, 2.24) is 9.88 Å². The maximum atomic E-state index is 13.0. The summed E-state index contributed by atoms with van der Waals surface area (Å²) in [5.74, 6) is 0.732. The molecule has 1 aliphatic heterocycles. The van der Waals surface area contributed by atoms with Crippen molar-refractivity contribution in [3.05, 3.63) is 84.2 Å². The second-order valence-electron chi connectivity index (χ2n) is 7.48. The molecule has 1 N–H and O–H groups in total. The van der Waals surface area contributed by atoms with Gasteiger partial charge in [0.2, 0.25) is 11.8 Å². The number of hydrogen-bond acceptors (Lipinski definition) is 4. The van der Waals surface area contributed by atoms with Gasteiger partial charge in [0, 0.05) is 31.5 Å². The molecule has 0 bridgehead atoms. The quantitative estimate of drug-likeness (QED) is 0.690. The van der Waals surface area contributed by atoms with Crippen LogP contribution in [0.4, 0.5) is 5.69 Å². The number of benzene rings is 2. The molecule has 4 rings (SSSR count). The first-order valence-corrected chi connectivity index (χ1v) is 9.82. The molecule has 2 amide bonds. The maximum absolute atomic E-state index is 13.0. The van der Waals surface area contributed by atoms with E-state index >= 15 is 0 Å². The standard InChI is InChI=1S/C24H23N3O3/c1-16-5-3-7-20(13-16)30-19-10-8-18(9-11-19)26-24(29)21-14-22(28)27(2)23(21)17-6-4-12-25-15-17/h3-13,15,21,23H,14H2,1-2H3,(H,26,29)/t21-,23-/m0/s1. The Kier molecular flexibility index (Phi) is 5.48. The summed E-state index contributed by atoms with van der Waals surface area (Å²) in [7, 11) is 1.73. The first kappa shape index (κ1) is 19.6. The molecule has 6 nitrogen and oxygen atoms in total. The zero-order chi connectivity index (χ0) is 21.1. The third kappa shape index (κ3) is 4.17. The van der Waals surface area contributed by atoms with Gasteiger partial charge in [0.1, 0.15) is 11.5 Å². The normalized spacial score (nSPS) is 18.3. The number of anilines is 1. The van der Waals surface area contributed by atoms with Crippen LogP contribution in [0.25, 0.3) is 0 Å². The SMILES string of the molecule is Cc1cccc(Oc2ccc(NC(=O)[C@H]3CC(=O)N(C)[C@H]3c3cccnc3)cc2)c1. The molecule has 0 aliphatic carbocycles. The highest BCUT2D eigenvalue weighted by molar-refractivity contribution is 5.97. The van der Waals surface area contributed by atoms with Gasteiger partial charge in [-0.05, 0) is 60.5 Å². The van der Waals surface area contributed by atoms with E-state index in [9.17, 15) is 9.59 Å². The largest absolute Gasteiger partial charge is 0.457 e. The van der Waals surface area contributed by atoms with Gasteiger partial charge in [0.15, 0.2) is 0 Å². The number of rotatable bonds is 5. The van der Waals surface area contributed by atoms with Crippen LogP contribution in [-0.2, 0) is 9.59 Å². The fourth-order valence-electron chi connectivity index (χ4n) is 3.77. The van der Waals surface area contributed by atoms with E-state index in [2.05, 4.69) is 10.3 Å². The molecule has 0 unspecified atom stereocenters. The molecular formula is C24H23N3O3. The lowest BCUT2D eigenvalue weighted by Gasteiger charge is -2.24. The highest BCUT2D eigenvalue weighted by atomic mass is 16.5. The van der Waals surface area contributed by atoms with Gasteiger partial charge >= 0.3 is 0 Å². The molecule has 1 aromatic heterocycles. The van der Waals surface area contributed by atoms with Gasteiger partial charge in [-0.3, -0.25) is 14.6 Å². The average Bonchev–Trinajstić information content (AvgIpc) is 3.05. The number of hydrogen-bond donors (Lipinski definition) is 1. The molecule has 1 fully saturated rings. The Labute approximate surface area is 175 Å². The number of amides is 2. The lowest BCUT2D eigenvalue weighted by molar-refractivity contribution is -0.127. The Morgan fingerprint density at radius 3 is 2.60 bits per heavy atom. The van der Waals surface area contributed by atoms with Gasteiger partial charge in [-0.15, -0.1) is 0 Å². The lowest BCUT2D eigenvalue weighted by atomic mass is 9.94. The van der Waals surface area contributed by atoms with E-state index < -0.39 is 5.92 Å². The molecule has 2 aromatic carbocycles. The Bertz CT molecular complexity index is 1050. The van der Waals surface area contributed by atoms with E-state index in [1.54, 1.807) is 36.5 Å². The second-order valence-corrected chi connectivity index (χ2v) is 7.48. The molecule has 0 radical (unpaired) electrons. The Morgan fingerprint density at radius 1 is 1.10 bits per heavy atom. The van der Waals surface area contributed by atoms with E-state index in [0.717, 1.165) is 16.9 Å². The van der Waals surface area contributed by atoms with Crippen LogP contribution >= 0.6 is 0 Å². The predicted molar refractivity (Wildman–Crippen MR) is 114 cm³/mol. The predicted octanol–water partition coefficient (Wildman–Crippen LogP) is 4.34. The smallest absolute Gasteiger partial charge is 0.230 e. The van der Waals surface area contributed by atoms with Gasteiger partial charge in [-0.1, -0.05) is 18.2 Å². The van der Waals surface area contributed by atoms with Crippen LogP contribution in [0.2, 0.25) is 0 Å². The topological polar surface area (TPSA) is 71.5 Å². The van der Waals surface area contributed by atoms with E-state index in [0.29, 0.717) is 11.4 Å². The number of aryl methyl sites for hydroxylation is 1. The van der Waals surface area contributed by atoms with Crippen molar-refractivity contribution in [1.29, 1.82) is 0 Å². The Hall–Kier alpha value is -3.67. The average molecular weight is 401 g/mol. The number of carbonyl (C=O) groups excluding carboxylic acids is 2. The van der Waals surface area contributed by atoms with Crippen molar-refractivity contribution in [3.63, 3.8) is 0 Å². The Balaban J connectivity index is 1.46. The zero-order valence-electron chi connectivity index (χ0n) is 16.9. The molecule has 0 spiro atoms. The number of aromatic nitrogens is 1. The summed E-state index contributed by atoms with van der Waals surface area (Å²) in [5, 5.41) is 2.93. The molecule has 3 aromatic rings. The molecule has 1 saturated heterocycles. The van der Waals surface area contributed by atoms with Crippen LogP contribution < -0.4 is 10.1 Å². The first-order valence-electron chi connectivity index (χ1n) is 9.82. The van der Waals surface area contributed by atoms with Crippen LogP contribution in [0.5, 0.6) is 11.5 Å². The molecule has 1 aliphatic rings. The van der Waals surface area contributed by atoms with Crippen molar-refractivity contribution in [2.24, 2.45) is 5.92 Å². The first-order chi connectivity index (χ1) is 14.5. The van der Waals surface area contributed by atoms with E-state index in [1.165, 1.54) is 0 Å². The fourth-order valence-corrected chi connectivity index (χ4v) is 3.77. The summed E-state index contributed by atoms with van der Waals surface area (Å²) < 4.78 is 5.85. The minimum Gasteiger partial charge on any atom is -0.457 e.